The molecule has 0 bridgehead atoms. The number of hydrogen-bond donors (Lipinski definition) is 0. The quantitative estimate of drug-likeness (QED) is 0.303. The Morgan fingerprint density at radius 1 is 1.03 bits per heavy atom. The van der Waals surface area contributed by atoms with Gasteiger partial charge in [-0.1, -0.05) is 18.7 Å². The number of pyridine rings is 1. The summed E-state index contributed by atoms with van der Waals surface area (Å²) in [5, 5.41) is 9.56. The van der Waals surface area contributed by atoms with Crippen LogP contribution in [0.3, 0.4) is 0 Å². The first-order chi connectivity index (χ1) is 15.0. The average molecular weight is 441 g/mol. The molecule has 0 radical (unpaired) electrons. The second-order valence-electron chi connectivity index (χ2n) is 7.22. The summed E-state index contributed by atoms with van der Waals surface area (Å²) < 4.78 is 6.45. The summed E-state index contributed by atoms with van der Waals surface area (Å²) in [6, 6.07) is 3.84. The Labute approximate surface area is 182 Å². The van der Waals surface area contributed by atoms with Gasteiger partial charge in [0.15, 0.2) is 22.1 Å². The number of thioether (sulfide) groups is 1. The minimum Gasteiger partial charge on any atom is -0.328 e. The van der Waals surface area contributed by atoms with E-state index in [1.54, 1.807) is 49.1 Å². The topological polar surface area (TPSA) is 105 Å². The van der Waals surface area contributed by atoms with Crippen LogP contribution in [0.15, 0.2) is 45.6 Å². The van der Waals surface area contributed by atoms with Gasteiger partial charge in [0.05, 0.1) is 6.33 Å². The van der Waals surface area contributed by atoms with Gasteiger partial charge in [0, 0.05) is 50.9 Å². The highest BCUT2D eigenvalue weighted by molar-refractivity contribution is 7.99. The second-order valence-corrected chi connectivity index (χ2v) is 8.28. The molecule has 0 unspecified atom stereocenters. The van der Waals surface area contributed by atoms with E-state index >= 15 is 0 Å². The Bertz CT molecular complexity index is 1320. The van der Waals surface area contributed by atoms with Crippen LogP contribution in [0, 0.1) is 0 Å². The van der Waals surface area contributed by atoms with E-state index in [1.165, 1.54) is 9.13 Å². The van der Waals surface area contributed by atoms with Crippen molar-refractivity contribution in [3.05, 3.63) is 51.7 Å². The molecule has 0 fully saturated rings. The summed E-state index contributed by atoms with van der Waals surface area (Å²) in [4.78, 5) is 33.6. The maximum Gasteiger partial charge on any atom is 0.332 e. The molecule has 4 heterocycles. The van der Waals surface area contributed by atoms with Crippen LogP contribution in [-0.4, -0.2) is 44.2 Å². The summed E-state index contributed by atoms with van der Waals surface area (Å²) >= 11 is 1.58. The Kier molecular flexibility index (Phi) is 6.03. The predicted octanol–water partition coefficient (Wildman–Crippen LogP) is 1.68. The highest BCUT2D eigenvalue weighted by Gasteiger charge is 2.16. The predicted molar refractivity (Wildman–Crippen MR) is 119 cm³/mol. The monoisotopic (exact) mass is 440 g/mol. The van der Waals surface area contributed by atoms with Gasteiger partial charge in [-0.2, -0.15) is 0 Å². The molecule has 0 aliphatic carbocycles. The lowest BCUT2D eigenvalue weighted by Crippen LogP contribution is -2.39. The normalized spacial score (nSPS) is 11.5. The van der Waals surface area contributed by atoms with Gasteiger partial charge in [0.2, 0.25) is 0 Å². The van der Waals surface area contributed by atoms with Crippen molar-refractivity contribution in [2.24, 2.45) is 14.1 Å². The number of nitrogens with zero attached hydrogens (tertiary/aromatic N) is 8. The number of fused-ring (bicyclic) bond motifs is 1. The van der Waals surface area contributed by atoms with Crippen LogP contribution in [0.2, 0.25) is 0 Å². The van der Waals surface area contributed by atoms with Crippen LogP contribution < -0.4 is 11.2 Å². The number of aromatic nitrogens is 8. The van der Waals surface area contributed by atoms with Gasteiger partial charge in [0.25, 0.3) is 5.56 Å². The molecule has 11 heteroatoms. The molecule has 0 atom stereocenters. The average Bonchev–Trinajstić information content (AvgIpc) is 3.36. The van der Waals surface area contributed by atoms with E-state index in [1.807, 2.05) is 12.1 Å². The van der Waals surface area contributed by atoms with Gasteiger partial charge < -0.3 is 9.13 Å². The molecule has 0 aliphatic heterocycles. The van der Waals surface area contributed by atoms with E-state index in [2.05, 4.69) is 31.7 Å². The van der Waals surface area contributed by atoms with E-state index < -0.39 is 0 Å². The van der Waals surface area contributed by atoms with Crippen molar-refractivity contribution in [2.75, 3.05) is 5.75 Å². The Morgan fingerprint density at radius 2 is 1.81 bits per heavy atom. The molecular weight excluding hydrogens is 416 g/mol. The van der Waals surface area contributed by atoms with E-state index in [4.69, 9.17) is 0 Å². The van der Waals surface area contributed by atoms with Gasteiger partial charge >= 0.3 is 5.69 Å². The van der Waals surface area contributed by atoms with Gasteiger partial charge in [-0.3, -0.25) is 18.9 Å². The van der Waals surface area contributed by atoms with Crippen LogP contribution in [0.5, 0.6) is 0 Å². The van der Waals surface area contributed by atoms with Crippen molar-refractivity contribution in [1.82, 2.24) is 38.4 Å². The minimum absolute atomic E-state index is 0.308. The van der Waals surface area contributed by atoms with E-state index in [0.29, 0.717) is 29.9 Å². The molecule has 0 spiro atoms. The SMILES string of the molecule is CCCn1c(SCCCn2c(=O)c3c(ncn3C)n(C)c2=O)nnc1-c1ccncc1. The van der Waals surface area contributed by atoms with Crippen LogP contribution >= 0.6 is 11.8 Å². The zero-order valence-electron chi connectivity index (χ0n) is 17.7. The number of aryl methyl sites for hydroxylation is 2. The zero-order valence-corrected chi connectivity index (χ0v) is 18.5. The third-order valence-electron chi connectivity index (χ3n) is 5.06. The Hall–Kier alpha value is -3.21. The third kappa shape index (κ3) is 3.92. The number of hydrogen-bond acceptors (Lipinski definition) is 7. The Balaban J connectivity index is 1.50. The maximum absolute atomic E-state index is 12.8. The fourth-order valence-corrected chi connectivity index (χ4v) is 4.40. The van der Waals surface area contributed by atoms with Crippen LogP contribution in [0.1, 0.15) is 19.8 Å². The number of rotatable bonds is 8. The summed E-state index contributed by atoms with van der Waals surface area (Å²) in [6.07, 6.45) is 6.63. The van der Waals surface area contributed by atoms with Crippen molar-refractivity contribution >= 4 is 22.9 Å². The first-order valence-electron chi connectivity index (χ1n) is 10.1. The molecule has 0 N–H and O–H groups in total. The highest BCUT2D eigenvalue weighted by atomic mass is 32.2. The van der Waals surface area contributed by atoms with E-state index in [9.17, 15) is 9.59 Å². The Morgan fingerprint density at radius 3 is 2.55 bits per heavy atom. The van der Waals surface area contributed by atoms with Crippen molar-refractivity contribution in [3.63, 3.8) is 0 Å². The van der Waals surface area contributed by atoms with Crippen molar-refractivity contribution in [2.45, 2.75) is 38.0 Å². The van der Waals surface area contributed by atoms with Crippen molar-refractivity contribution < 1.29 is 0 Å². The highest BCUT2D eigenvalue weighted by Crippen LogP contribution is 2.24. The summed E-state index contributed by atoms with van der Waals surface area (Å²) in [5.41, 5.74) is 1.15. The lowest BCUT2D eigenvalue weighted by atomic mass is 10.2. The summed E-state index contributed by atoms with van der Waals surface area (Å²) in [6.45, 7) is 3.25. The molecule has 31 heavy (non-hydrogen) atoms. The molecule has 0 amide bonds. The lowest BCUT2D eigenvalue weighted by Gasteiger charge is -2.10. The van der Waals surface area contributed by atoms with Crippen LogP contribution in [-0.2, 0) is 27.2 Å². The van der Waals surface area contributed by atoms with Crippen LogP contribution in [0.4, 0.5) is 0 Å². The molecule has 0 aliphatic rings. The van der Waals surface area contributed by atoms with Gasteiger partial charge in [-0.05, 0) is 25.0 Å². The minimum atomic E-state index is -0.352. The first-order valence-corrected chi connectivity index (χ1v) is 11.1. The maximum atomic E-state index is 12.8. The number of imidazole rings is 1. The summed E-state index contributed by atoms with van der Waals surface area (Å²) in [5.74, 6) is 1.52. The van der Waals surface area contributed by atoms with Gasteiger partial charge in [-0.15, -0.1) is 10.2 Å². The lowest BCUT2D eigenvalue weighted by molar-refractivity contribution is 0.592. The molecule has 4 rings (SSSR count). The fraction of sp³-hybridized carbons (Fsp3) is 0.400. The molecular formula is C20H24N8O2S. The smallest absolute Gasteiger partial charge is 0.328 e. The first kappa shape index (κ1) is 21.0. The molecule has 4 aromatic rings. The standard InChI is InChI=1S/C20H24N8O2S/c1-4-10-27-16(14-6-8-21-9-7-14)23-24-19(27)31-12-5-11-28-18(29)15-17(22-13-25(15)2)26(3)20(28)30/h6-9,13H,4-5,10-12H2,1-3H3. The van der Waals surface area contributed by atoms with E-state index in [-0.39, 0.29) is 11.2 Å². The van der Waals surface area contributed by atoms with E-state index in [0.717, 1.165) is 29.5 Å². The van der Waals surface area contributed by atoms with Crippen molar-refractivity contribution in [3.8, 4) is 11.4 Å². The van der Waals surface area contributed by atoms with Gasteiger partial charge in [-0.25, -0.2) is 9.78 Å². The molecule has 0 saturated carbocycles. The fourth-order valence-electron chi connectivity index (χ4n) is 3.51. The third-order valence-corrected chi connectivity index (χ3v) is 6.11. The molecule has 10 nitrogen and oxygen atoms in total. The molecule has 4 aromatic heterocycles. The molecule has 0 aromatic carbocycles. The molecule has 162 valence electrons. The second kappa shape index (κ2) is 8.88. The largest absolute Gasteiger partial charge is 0.332 e. The van der Waals surface area contributed by atoms with Crippen LogP contribution in [0.25, 0.3) is 22.6 Å². The zero-order chi connectivity index (χ0) is 22.0. The van der Waals surface area contributed by atoms with Gasteiger partial charge in [0.1, 0.15) is 0 Å². The molecule has 0 saturated heterocycles. The summed E-state index contributed by atoms with van der Waals surface area (Å²) in [7, 11) is 3.39. The van der Waals surface area contributed by atoms with Crippen molar-refractivity contribution in [1.29, 1.82) is 0 Å².